The van der Waals surface area contributed by atoms with E-state index in [0.29, 0.717) is 72.7 Å². The number of carbonyl (C=O) groups excluding carboxylic acids is 1. The Morgan fingerprint density at radius 3 is 1.19 bits per heavy atom. The molecule has 0 saturated heterocycles. The van der Waals surface area contributed by atoms with Gasteiger partial charge in [0.05, 0.1) is 72.7 Å². The van der Waals surface area contributed by atoms with E-state index in [1.165, 1.54) is 6.92 Å². The Labute approximate surface area is 158 Å². The Kier molecular flexibility index (Phi) is 17.5. The van der Waals surface area contributed by atoms with Crippen molar-refractivity contribution in [3.63, 3.8) is 0 Å². The first-order chi connectivity index (χ1) is 12.4. The molecule has 0 saturated carbocycles. The number of hydrogen-bond donors (Lipinski definition) is 0. The highest BCUT2D eigenvalue weighted by Crippen LogP contribution is 2.01. The number of rotatable bonds is 19. The summed E-state index contributed by atoms with van der Waals surface area (Å²) in [6.07, 6.45) is 0. The van der Waals surface area contributed by atoms with Crippen LogP contribution in [0.3, 0.4) is 0 Å². The summed E-state index contributed by atoms with van der Waals surface area (Å²) < 4.78 is 37.2. The summed E-state index contributed by atoms with van der Waals surface area (Å²) in [6, 6.07) is 0. The van der Waals surface area contributed by atoms with Gasteiger partial charge in [-0.05, 0) is 19.6 Å². The molecule has 0 aliphatic heterocycles. The van der Waals surface area contributed by atoms with E-state index in [4.69, 9.17) is 32.8 Å². The van der Waals surface area contributed by atoms with E-state index < -0.39 is 8.32 Å². The molecule has 0 spiro atoms. The van der Waals surface area contributed by atoms with Crippen LogP contribution in [0, 0.1) is 0 Å². The van der Waals surface area contributed by atoms with Gasteiger partial charge in [-0.1, -0.05) is 0 Å². The number of esters is 1. The molecular weight excluding hydrogens is 360 g/mol. The van der Waals surface area contributed by atoms with Crippen LogP contribution in [0.2, 0.25) is 19.6 Å². The maximum atomic E-state index is 10.5. The minimum atomic E-state index is -1.43. The molecule has 0 atom stereocenters. The van der Waals surface area contributed by atoms with Crippen molar-refractivity contribution in [2.75, 3.05) is 79.3 Å². The average Bonchev–Trinajstić information content (AvgIpc) is 2.55. The van der Waals surface area contributed by atoms with Crippen molar-refractivity contribution in [3.05, 3.63) is 0 Å². The second-order valence-electron chi connectivity index (χ2n) is 6.36. The van der Waals surface area contributed by atoms with Crippen LogP contribution in [0.25, 0.3) is 0 Å². The zero-order chi connectivity index (χ0) is 19.5. The fourth-order valence-electron chi connectivity index (χ4n) is 1.63. The summed E-state index contributed by atoms with van der Waals surface area (Å²) in [4.78, 5) is 10.5. The van der Waals surface area contributed by atoms with Crippen molar-refractivity contribution < 1.29 is 37.6 Å². The minimum absolute atomic E-state index is 0.274. The van der Waals surface area contributed by atoms with Crippen LogP contribution >= 0.6 is 0 Å². The monoisotopic (exact) mass is 396 g/mol. The number of ether oxygens (including phenoxy) is 6. The van der Waals surface area contributed by atoms with Crippen LogP contribution in [0.15, 0.2) is 0 Å². The lowest BCUT2D eigenvalue weighted by molar-refractivity contribution is -0.142. The van der Waals surface area contributed by atoms with Gasteiger partial charge in [0.15, 0.2) is 8.32 Å². The fourth-order valence-corrected chi connectivity index (χ4v) is 2.33. The first-order valence-electron chi connectivity index (χ1n) is 9.08. The third-order valence-electron chi connectivity index (χ3n) is 2.78. The SMILES string of the molecule is CC(=O)OCCOCCOCCOCCOCCOCCO[Si](C)(C)C. The Hall–Kier alpha value is -0.553. The highest BCUT2D eigenvalue weighted by molar-refractivity contribution is 6.69. The zero-order valence-corrected chi connectivity index (χ0v) is 17.8. The fraction of sp³-hybridized carbons (Fsp3) is 0.941. The van der Waals surface area contributed by atoms with Crippen molar-refractivity contribution in [3.8, 4) is 0 Å². The summed E-state index contributed by atoms with van der Waals surface area (Å²) in [5.41, 5.74) is 0. The molecule has 0 unspecified atom stereocenters. The van der Waals surface area contributed by atoms with Crippen molar-refractivity contribution in [1.82, 2.24) is 0 Å². The molecule has 0 radical (unpaired) electrons. The lowest BCUT2D eigenvalue weighted by Gasteiger charge is -2.16. The predicted octanol–water partition coefficient (Wildman–Crippen LogP) is 1.48. The molecule has 0 bridgehead atoms. The van der Waals surface area contributed by atoms with E-state index >= 15 is 0 Å². The van der Waals surface area contributed by atoms with Gasteiger partial charge in [0, 0.05) is 6.92 Å². The summed E-state index contributed by atoms with van der Waals surface area (Å²) >= 11 is 0. The Morgan fingerprint density at radius 2 is 0.885 bits per heavy atom. The molecule has 0 fully saturated rings. The van der Waals surface area contributed by atoms with Gasteiger partial charge in [-0.2, -0.15) is 0 Å². The molecule has 0 rings (SSSR count). The van der Waals surface area contributed by atoms with Gasteiger partial charge in [-0.25, -0.2) is 0 Å². The highest BCUT2D eigenvalue weighted by atomic mass is 28.4. The highest BCUT2D eigenvalue weighted by Gasteiger charge is 2.12. The van der Waals surface area contributed by atoms with E-state index in [1.807, 2.05) is 0 Å². The van der Waals surface area contributed by atoms with Crippen LogP contribution in [0.4, 0.5) is 0 Å². The largest absolute Gasteiger partial charge is 0.463 e. The van der Waals surface area contributed by atoms with Crippen molar-refractivity contribution >= 4 is 14.3 Å². The topological polar surface area (TPSA) is 81.7 Å². The summed E-state index contributed by atoms with van der Waals surface area (Å²) in [5.74, 6) is -0.300. The molecule has 156 valence electrons. The van der Waals surface area contributed by atoms with Gasteiger partial charge in [-0.15, -0.1) is 0 Å². The Morgan fingerprint density at radius 1 is 0.577 bits per heavy atom. The van der Waals surface area contributed by atoms with Crippen LogP contribution < -0.4 is 0 Å². The molecule has 26 heavy (non-hydrogen) atoms. The molecule has 0 aromatic rings. The summed E-state index contributed by atoms with van der Waals surface area (Å²) in [7, 11) is -1.43. The molecule has 0 N–H and O–H groups in total. The van der Waals surface area contributed by atoms with E-state index in [9.17, 15) is 4.79 Å². The molecule has 9 heteroatoms. The molecule has 0 aromatic heterocycles. The molecule has 0 heterocycles. The van der Waals surface area contributed by atoms with Crippen LogP contribution in [0.1, 0.15) is 6.92 Å². The van der Waals surface area contributed by atoms with Gasteiger partial charge >= 0.3 is 5.97 Å². The Bertz CT molecular complexity index is 322. The van der Waals surface area contributed by atoms with Gasteiger partial charge in [-0.3, -0.25) is 4.79 Å². The lowest BCUT2D eigenvalue weighted by Crippen LogP contribution is -2.27. The van der Waals surface area contributed by atoms with Gasteiger partial charge in [0.2, 0.25) is 0 Å². The van der Waals surface area contributed by atoms with Crippen LogP contribution in [0.5, 0.6) is 0 Å². The third-order valence-corrected chi connectivity index (χ3v) is 3.85. The van der Waals surface area contributed by atoms with E-state index in [1.54, 1.807) is 0 Å². The zero-order valence-electron chi connectivity index (χ0n) is 16.8. The third kappa shape index (κ3) is 23.4. The van der Waals surface area contributed by atoms with Crippen molar-refractivity contribution in [2.45, 2.75) is 26.6 Å². The minimum Gasteiger partial charge on any atom is -0.463 e. The number of carbonyl (C=O) groups is 1. The quantitative estimate of drug-likeness (QED) is 0.184. The summed E-state index contributed by atoms with van der Waals surface area (Å²) in [5, 5.41) is 0. The van der Waals surface area contributed by atoms with E-state index in [2.05, 4.69) is 19.6 Å². The summed E-state index contributed by atoms with van der Waals surface area (Å²) in [6.45, 7) is 13.9. The first kappa shape index (κ1) is 25.4. The lowest BCUT2D eigenvalue weighted by atomic mass is 10.7. The average molecular weight is 397 g/mol. The molecule has 0 aliphatic rings. The van der Waals surface area contributed by atoms with Gasteiger partial charge in [0.25, 0.3) is 0 Å². The maximum Gasteiger partial charge on any atom is 0.302 e. The normalized spacial score (nSPS) is 11.7. The van der Waals surface area contributed by atoms with Crippen LogP contribution in [-0.4, -0.2) is 93.6 Å². The molecule has 0 aromatic carbocycles. The Balaban J connectivity index is 3.04. The molecule has 0 aliphatic carbocycles. The standard InChI is InChI=1S/C17H36O8Si/c1-17(18)24-15-13-22-11-9-20-7-5-19-6-8-21-10-12-23-14-16-25-26(2,3)4/h5-16H2,1-4H3. The van der Waals surface area contributed by atoms with Gasteiger partial charge in [0.1, 0.15) is 6.61 Å². The first-order valence-corrected chi connectivity index (χ1v) is 12.5. The molecule has 0 amide bonds. The van der Waals surface area contributed by atoms with E-state index in [-0.39, 0.29) is 12.6 Å². The van der Waals surface area contributed by atoms with E-state index in [0.717, 1.165) is 0 Å². The van der Waals surface area contributed by atoms with Crippen LogP contribution in [-0.2, 0) is 37.6 Å². The smallest absolute Gasteiger partial charge is 0.302 e. The van der Waals surface area contributed by atoms with Gasteiger partial charge < -0.3 is 32.8 Å². The second-order valence-corrected chi connectivity index (χ2v) is 10.9. The molecular formula is C17H36O8Si. The number of hydrogen-bond acceptors (Lipinski definition) is 8. The van der Waals surface area contributed by atoms with Crippen molar-refractivity contribution in [1.29, 1.82) is 0 Å². The van der Waals surface area contributed by atoms with Crippen molar-refractivity contribution in [2.24, 2.45) is 0 Å². The predicted molar refractivity (Wildman–Crippen MR) is 100 cm³/mol. The second kappa shape index (κ2) is 17.8. The maximum absolute atomic E-state index is 10.5. The molecule has 8 nitrogen and oxygen atoms in total.